The molecule has 0 amide bonds. The van der Waals surface area contributed by atoms with Crippen molar-refractivity contribution in [3.05, 3.63) is 40.2 Å². The van der Waals surface area contributed by atoms with Gasteiger partial charge in [-0.3, -0.25) is 0 Å². The molecule has 1 aromatic carbocycles. The molecular formula is C10H6ClF2NS. The summed E-state index contributed by atoms with van der Waals surface area (Å²) in [5.41, 5.74) is 0.789. The van der Waals surface area contributed by atoms with Crippen molar-refractivity contribution in [2.75, 3.05) is 0 Å². The van der Waals surface area contributed by atoms with Crippen molar-refractivity contribution >= 4 is 22.9 Å². The fourth-order valence-corrected chi connectivity index (χ4v) is 2.08. The van der Waals surface area contributed by atoms with Gasteiger partial charge in [0, 0.05) is 17.0 Å². The zero-order valence-electron chi connectivity index (χ0n) is 7.51. The van der Waals surface area contributed by atoms with Crippen molar-refractivity contribution < 1.29 is 8.78 Å². The Bertz CT molecular complexity index is 484. The molecule has 0 unspecified atom stereocenters. The summed E-state index contributed by atoms with van der Waals surface area (Å²) in [6.07, 6.45) is 0. The van der Waals surface area contributed by atoms with Gasteiger partial charge in [0.05, 0.1) is 11.6 Å². The molecule has 0 saturated heterocycles. The van der Waals surface area contributed by atoms with Crippen LogP contribution in [0.5, 0.6) is 0 Å². The summed E-state index contributed by atoms with van der Waals surface area (Å²) in [6.45, 7) is 0. The predicted octanol–water partition coefficient (Wildman–Crippen LogP) is 3.83. The Labute approximate surface area is 94.3 Å². The van der Waals surface area contributed by atoms with Crippen LogP contribution in [0, 0.1) is 11.6 Å². The highest BCUT2D eigenvalue weighted by atomic mass is 35.5. The van der Waals surface area contributed by atoms with E-state index in [1.165, 1.54) is 23.5 Å². The Morgan fingerprint density at radius 1 is 1.33 bits per heavy atom. The van der Waals surface area contributed by atoms with Gasteiger partial charge >= 0.3 is 0 Å². The monoisotopic (exact) mass is 245 g/mol. The molecule has 0 N–H and O–H groups in total. The number of rotatable bonds is 2. The lowest BCUT2D eigenvalue weighted by molar-refractivity contribution is 0.585. The van der Waals surface area contributed by atoms with E-state index in [1.54, 1.807) is 5.38 Å². The number of hydrogen-bond acceptors (Lipinski definition) is 2. The van der Waals surface area contributed by atoms with Gasteiger partial charge in [0.2, 0.25) is 0 Å². The Morgan fingerprint density at radius 3 is 2.73 bits per heavy atom. The second kappa shape index (κ2) is 4.24. The summed E-state index contributed by atoms with van der Waals surface area (Å²) in [4.78, 5) is 4.11. The van der Waals surface area contributed by atoms with E-state index in [1.807, 2.05) is 0 Å². The molecule has 0 aliphatic carbocycles. The first kappa shape index (κ1) is 10.5. The molecule has 0 spiro atoms. The minimum absolute atomic E-state index is 0.295. The van der Waals surface area contributed by atoms with Crippen LogP contribution in [0.25, 0.3) is 11.3 Å². The molecule has 2 rings (SSSR count). The van der Waals surface area contributed by atoms with Crippen LogP contribution in [0.1, 0.15) is 5.01 Å². The third-order valence-electron chi connectivity index (χ3n) is 1.87. The van der Waals surface area contributed by atoms with Crippen molar-refractivity contribution in [1.82, 2.24) is 4.98 Å². The number of hydrogen-bond donors (Lipinski definition) is 0. The van der Waals surface area contributed by atoms with Gasteiger partial charge in [-0.15, -0.1) is 22.9 Å². The zero-order valence-corrected chi connectivity index (χ0v) is 9.08. The van der Waals surface area contributed by atoms with E-state index < -0.39 is 11.6 Å². The first-order valence-corrected chi connectivity index (χ1v) is 5.58. The Kier molecular flexibility index (Phi) is 2.98. The normalized spacial score (nSPS) is 10.6. The van der Waals surface area contributed by atoms with Gasteiger partial charge in [0.15, 0.2) is 0 Å². The van der Waals surface area contributed by atoms with Gasteiger partial charge in [-0.2, -0.15) is 0 Å². The highest BCUT2D eigenvalue weighted by Crippen LogP contribution is 2.25. The maximum Gasteiger partial charge on any atom is 0.135 e. The molecule has 0 aliphatic heterocycles. The Morgan fingerprint density at radius 2 is 2.13 bits per heavy atom. The van der Waals surface area contributed by atoms with Crippen LogP contribution in [0.15, 0.2) is 23.6 Å². The third kappa shape index (κ3) is 2.16. The molecule has 1 nitrogen and oxygen atoms in total. The van der Waals surface area contributed by atoms with Gasteiger partial charge in [-0.05, 0) is 12.1 Å². The highest BCUT2D eigenvalue weighted by Gasteiger charge is 2.09. The van der Waals surface area contributed by atoms with E-state index in [9.17, 15) is 8.78 Å². The number of nitrogens with zero attached hydrogens (tertiary/aromatic N) is 1. The van der Waals surface area contributed by atoms with Crippen molar-refractivity contribution in [3.63, 3.8) is 0 Å². The maximum atomic E-state index is 13.3. The van der Waals surface area contributed by atoms with E-state index in [0.717, 1.165) is 11.1 Å². The summed E-state index contributed by atoms with van der Waals surface area (Å²) in [5.74, 6) is -0.904. The van der Waals surface area contributed by atoms with E-state index >= 15 is 0 Å². The fourth-order valence-electron chi connectivity index (χ4n) is 1.19. The molecule has 0 fully saturated rings. The van der Waals surface area contributed by atoms with Crippen molar-refractivity contribution in [1.29, 1.82) is 0 Å². The number of aromatic nitrogens is 1. The molecule has 0 radical (unpaired) electrons. The second-order valence-corrected chi connectivity index (χ2v) is 4.09. The topological polar surface area (TPSA) is 12.9 Å². The van der Waals surface area contributed by atoms with Gasteiger partial charge in [0.1, 0.15) is 16.6 Å². The van der Waals surface area contributed by atoms with Crippen molar-refractivity contribution in [3.8, 4) is 11.3 Å². The van der Waals surface area contributed by atoms with Crippen molar-refractivity contribution in [2.24, 2.45) is 0 Å². The molecule has 15 heavy (non-hydrogen) atoms. The molecule has 0 atom stereocenters. The predicted molar refractivity (Wildman–Crippen MR) is 57.0 cm³/mol. The van der Waals surface area contributed by atoms with E-state index in [-0.39, 0.29) is 0 Å². The van der Waals surface area contributed by atoms with Crippen LogP contribution >= 0.6 is 22.9 Å². The Hall–Kier alpha value is -1.00. The molecule has 0 saturated carbocycles. The number of halogens is 3. The third-order valence-corrected chi connectivity index (χ3v) is 3.13. The zero-order chi connectivity index (χ0) is 10.8. The minimum Gasteiger partial charge on any atom is -0.240 e. The van der Waals surface area contributed by atoms with Gasteiger partial charge < -0.3 is 0 Å². The number of thiazole rings is 1. The molecule has 78 valence electrons. The van der Waals surface area contributed by atoms with Crippen molar-refractivity contribution in [2.45, 2.75) is 5.88 Å². The number of alkyl halides is 1. The molecule has 0 bridgehead atoms. The van der Waals surface area contributed by atoms with Crippen LogP contribution in [0.2, 0.25) is 0 Å². The standard InChI is InChI=1S/C10H6ClF2NS/c11-4-10-14-9(5-15-10)7-2-1-6(12)3-8(7)13/h1-3,5H,4H2. The molecule has 1 heterocycles. The van der Waals surface area contributed by atoms with Gasteiger partial charge in [-0.1, -0.05) is 0 Å². The quantitative estimate of drug-likeness (QED) is 0.733. The van der Waals surface area contributed by atoms with Crippen LogP contribution in [-0.4, -0.2) is 4.98 Å². The van der Waals surface area contributed by atoms with E-state index in [2.05, 4.69) is 4.98 Å². The fraction of sp³-hybridized carbons (Fsp3) is 0.100. The SMILES string of the molecule is Fc1ccc(-c2csc(CCl)n2)c(F)c1. The largest absolute Gasteiger partial charge is 0.240 e. The lowest BCUT2D eigenvalue weighted by Gasteiger charge is -1.98. The summed E-state index contributed by atoms with van der Waals surface area (Å²) < 4.78 is 26.0. The van der Waals surface area contributed by atoms with Crippen LogP contribution in [-0.2, 0) is 5.88 Å². The van der Waals surface area contributed by atoms with E-state index in [0.29, 0.717) is 17.1 Å². The molecule has 2 aromatic rings. The minimum atomic E-state index is -0.610. The smallest absolute Gasteiger partial charge is 0.135 e. The van der Waals surface area contributed by atoms with Crippen LogP contribution < -0.4 is 0 Å². The first-order chi connectivity index (χ1) is 7.20. The lowest BCUT2D eigenvalue weighted by atomic mass is 10.1. The Balaban J connectivity index is 2.44. The maximum absolute atomic E-state index is 13.3. The summed E-state index contributed by atoms with van der Waals surface area (Å²) in [7, 11) is 0. The average molecular weight is 246 g/mol. The summed E-state index contributed by atoms with van der Waals surface area (Å²) >= 11 is 6.94. The van der Waals surface area contributed by atoms with Gasteiger partial charge in [0.25, 0.3) is 0 Å². The molecule has 1 aromatic heterocycles. The highest BCUT2D eigenvalue weighted by molar-refractivity contribution is 7.10. The first-order valence-electron chi connectivity index (χ1n) is 4.16. The summed E-state index contributed by atoms with van der Waals surface area (Å²) in [5, 5.41) is 2.42. The van der Waals surface area contributed by atoms with E-state index in [4.69, 9.17) is 11.6 Å². The van der Waals surface area contributed by atoms with Crippen LogP contribution in [0.3, 0.4) is 0 Å². The average Bonchev–Trinajstić information content (AvgIpc) is 2.66. The second-order valence-electron chi connectivity index (χ2n) is 2.88. The molecule has 0 aliphatic rings. The molecule has 5 heteroatoms. The number of benzene rings is 1. The van der Waals surface area contributed by atoms with Gasteiger partial charge in [-0.25, -0.2) is 13.8 Å². The lowest BCUT2D eigenvalue weighted by Crippen LogP contribution is -1.86. The summed E-state index contributed by atoms with van der Waals surface area (Å²) in [6, 6.07) is 3.42. The molecular weight excluding hydrogens is 240 g/mol. The van der Waals surface area contributed by atoms with Crippen LogP contribution in [0.4, 0.5) is 8.78 Å².